The SMILES string of the molecule is Clc1cc(CNC2CC2)ccc1OC1CCOCC1. The van der Waals surface area contributed by atoms with Gasteiger partial charge in [0.25, 0.3) is 0 Å². The van der Waals surface area contributed by atoms with E-state index in [1.807, 2.05) is 12.1 Å². The molecule has 1 aliphatic heterocycles. The van der Waals surface area contributed by atoms with Gasteiger partial charge in [-0.2, -0.15) is 0 Å². The van der Waals surface area contributed by atoms with Crippen molar-refractivity contribution >= 4 is 11.6 Å². The number of hydrogen-bond acceptors (Lipinski definition) is 3. The molecule has 3 nitrogen and oxygen atoms in total. The van der Waals surface area contributed by atoms with E-state index in [-0.39, 0.29) is 6.10 Å². The van der Waals surface area contributed by atoms with Crippen LogP contribution in [0.25, 0.3) is 0 Å². The maximum Gasteiger partial charge on any atom is 0.138 e. The van der Waals surface area contributed by atoms with Gasteiger partial charge < -0.3 is 14.8 Å². The molecule has 3 rings (SSSR count). The van der Waals surface area contributed by atoms with Crippen LogP contribution in [-0.2, 0) is 11.3 Å². The lowest BCUT2D eigenvalue weighted by molar-refractivity contribution is 0.0256. The van der Waals surface area contributed by atoms with Crippen LogP contribution in [0.5, 0.6) is 5.75 Å². The highest BCUT2D eigenvalue weighted by Crippen LogP contribution is 2.28. The van der Waals surface area contributed by atoms with E-state index in [1.165, 1.54) is 18.4 Å². The normalized spacial score (nSPS) is 20.5. The number of benzene rings is 1. The Morgan fingerprint density at radius 1 is 1.21 bits per heavy atom. The zero-order chi connectivity index (χ0) is 13.1. The molecule has 0 aromatic heterocycles. The minimum absolute atomic E-state index is 0.238. The van der Waals surface area contributed by atoms with Crippen molar-refractivity contribution < 1.29 is 9.47 Å². The lowest BCUT2D eigenvalue weighted by Crippen LogP contribution is -2.26. The highest BCUT2D eigenvalue weighted by atomic mass is 35.5. The Labute approximate surface area is 119 Å². The molecule has 0 unspecified atom stereocenters. The van der Waals surface area contributed by atoms with Crippen LogP contribution in [0.3, 0.4) is 0 Å². The second-order valence-corrected chi connectivity index (χ2v) is 5.76. The molecule has 1 saturated carbocycles. The van der Waals surface area contributed by atoms with Gasteiger partial charge in [0.1, 0.15) is 11.9 Å². The quantitative estimate of drug-likeness (QED) is 0.899. The summed E-state index contributed by atoms with van der Waals surface area (Å²) in [5.41, 5.74) is 1.22. The zero-order valence-electron chi connectivity index (χ0n) is 11.0. The molecule has 1 saturated heterocycles. The molecule has 1 N–H and O–H groups in total. The van der Waals surface area contributed by atoms with Gasteiger partial charge in [0.05, 0.1) is 18.2 Å². The Morgan fingerprint density at radius 2 is 2.00 bits per heavy atom. The van der Waals surface area contributed by atoms with Crippen molar-refractivity contribution in [3.63, 3.8) is 0 Å². The first-order valence-corrected chi connectivity index (χ1v) is 7.45. The Morgan fingerprint density at radius 3 is 2.68 bits per heavy atom. The lowest BCUT2D eigenvalue weighted by atomic mass is 10.1. The molecular formula is C15H20ClNO2. The van der Waals surface area contributed by atoms with Crippen molar-refractivity contribution in [2.75, 3.05) is 13.2 Å². The predicted molar refractivity (Wildman–Crippen MR) is 75.8 cm³/mol. The molecule has 1 aromatic carbocycles. The third-order valence-corrected chi connectivity index (χ3v) is 3.93. The molecule has 0 radical (unpaired) electrons. The summed E-state index contributed by atoms with van der Waals surface area (Å²) in [7, 11) is 0. The fraction of sp³-hybridized carbons (Fsp3) is 0.600. The van der Waals surface area contributed by atoms with Crippen LogP contribution >= 0.6 is 11.6 Å². The van der Waals surface area contributed by atoms with Gasteiger partial charge >= 0.3 is 0 Å². The van der Waals surface area contributed by atoms with Gasteiger partial charge in [0.15, 0.2) is 0 Å². The monoisotopic (exact) mass is 281 g/mol. The third kappa shape index (κ3) is 3.85. The highest BCUT2D eigenvalue weighted by Gasteiger charge is 2.20. The fourth-order valence-electron chi connectivity index (χ4n) is 2.27. The summed E-state index contributed by atoms with van der Waals surface area (Å²) in [4.78, 5) is 0. The molecule has 0 bridgehead atoms. The molecule has 2 aliphatic rings. The van der Waals surface area contributed by atoms with E-state index in [0.29, 0.717) is 5.02 Å². The first-order chi connectivity index (χ1) is 9.31. The van der Waals surface area contributed by atoms with E-state index >= 15 is 0 Å². The average Bonchev–Trinajstić information content (AvgIpc) is 3.25. The second-order valence-electron chi connectivity index (χ2n) is 5.35. The van der Waals surface area contributed by atoms with Gasteiger partial charge in [-0.05, 0) is 30.5 Å². The standard InChI is InChI=1S/C15H20ClNO2/c16-14-9-11(10-17-12-2-3-12)1-4-15(14)19-13-5-7-18-8-6-13/h1,4,9,12-13,17H,2-3,5-8,10H2. The number of hydrogen-bond donors (Lipinski definition) is 1. The molecule has 0 atom stereocenters. The van der Waals surface area contributed by atoms with Crippen molar-refractivity contribution in [3.8, 4) is 5.75 Å². The fourth-order valence-corrected chi connectivity index (χ4v) is 2.52. The van der Waals surface area contributed by atoms with Crippen LogP contribution in [0.2, 0.25) is 5.02 Å². The van der Waals surface area contributed by atoms with Gasteiger partial charge in [0.2, 0.25) is 0 Å². The summed E-state index contributed by atoms with van der Waals surface area (Å²) in [5, 5.41) is 4.19. The van der Waals surface area contributed by atoms with Crippen LogP contribution in [0, 0.1) is 0 Å². The van der Waals surface area contributed by atoms with Crippen LogP contribution in [0.4, 0.5) is 0 Å². The maximum atomic E-state index is 6.30. The van der Waals surface area contributed by atoms with Crippen molar-refractivity contribution in [1.29, 1.82) is 0 Å². The minimum atomic E-state index is 0.238. The highest BCUT2D eigenvalue weighted by molar-refractivity contribution is 6.32. The molecular weight excluding hydrogens is 262 g/mol. The van der Waals surface area contributed by atoms with E-state index in [1.54, 1.807) is 0 Å². The lowest BCUT2D eigenvalue weighted by Gasteiger charge is -2.24. The first kappa shape index (κ1) is 13.2. The summed E-state index contributed by atoms with van der Waals surface area (Å²) >= 11 is 6.30. The van der Waals surface area contributed by atoms with Crippen molar-refractivity contribution in [3.05, 3.63) is 28.8 Å². The maximum absolute atomic E-state index is 6.30. The Balaban J connectivity index is 1.58. The van der Waals surface area contributed by atoms with Gasteiger partial charge in [-0.25, -0.2) is 0 Å². The molecule has 2 fully saturated rings. The summed E-state index contributed by atoms with van der Waals surface area (Å²) < 4.78 is 11.3. The average molecular weight is 282 g/mol. The summed E-state index contributed by atoms with van der Waals surface area (Å²) in [6.45, 7) is 2.46. The van der Waals surface area contributed by atoms with Gasteiger partial charge in [0, 0.05) is 25.4 Å². The van der Waals surface area contributed by atoms with Gasteiger partial charge in [-0.1, -0.05) is 17.7 Å². The molecule has 4 heteroatoms. The number of nitrogens with one attached hydrogen (secondary N) is 1. The summed E-state index contributed by atoms with van der Waals surface area (Å²) in [5.74, 6) is 0.795. The number of halogens is 1. The van der Waals surface area contributed by atoms with Crippen molar-refractivity contribution in [2.24, 2.45) is 0 Å². The minimum Gasteiger partial charge on any atom is -0.489 e. The van der Waals surface area contributed by atoms with Crippen LogP contribution in [0.15, 0.2) is 18.2 Å². The van der Waals surface area contributed by atoms with E-state index in [4.69, 9.17) is 21.1 Å². The van der Waals surface area contributed by atoms with Crippen molar-refractivity contribution in [1.82, 2.24) is 5.32 Å². The Bertz CT molecular complexity index is 428. The predicted octanol–water partition coefficient (Wildman–Crippen LogP) is 3.15. The summed E-state index contributed by atoms with van der Waals surface area (Å²) in [6.07, 6.45) is 4.74. The third-order valence-electron chi connectivity index (χ3n) is 3.63. The van der Waals surface area contributed by atoms with Crippen LogP contribution in [0.1, 0.15) is 31.2 Å². The molecule has 1 heterocycles. The van der Waals surface area contributed by atoms with E-state index in [9.17, 15) is 0 Å². The molecule has 1 aromatic rings. The molecule has 0 amide bonds. The van der Waals surface area contributed by atoms with Gasteiger partial charge in [-0.15, -0.1) is 0 Å². The Hall–Kier alpha value is -0.770. The number of ether oxygens (including phenoxy) is 2. The number of rotatable bonds is 5. The second kappa shape index (κ2) is 6.12. The molecule has 104 valence electrons. The van der Waals surface area contributed by atoms with E-state index in [2.05, 4.69) is 11.4 Å². The van der Waals surface area contributed by atoms with Crippen LogP contribution < -0.4 is 10.1 Å². The topological polar surface area (TPSA) is 30.5 Å². The molecule has 0 spiro atoms. The zero-order valence-corrected chi connectivity index (χ0v) is 11.8. The summed E-state index contributed by atoms with van der Waals surface area (Å²) in [6, 6.07) is 6.81. The van der Waals surface area contributed by atoms with Gasteiger partial charge in [-0.3, -0.25) is 0 Å². The Kier molecular flexibility index (Phi) is 4.26. The van der Waals surface area contributed by atoms with E-state index < -0.39 is 0 Å². The molecule has 19 heavy (non-hydrogen) atoms. The van der Waals surface area contributed by atoms with Crippen LogP contribution in [-0.4, -0.2) is 25.4 Å². The molecule has 1 aliphatic carbocycles. The largest absolute Gasteiger partial charge is 0.489 e. The smallest absolute Gasteiger partial charge is 0.138 e. The van der Waals surface area contributed by atoms with E-state index in [0.717, 1.165) is 44.4 Å². The first-order valence-electron chi connectivity index (χ1n) is 7.07. The van der Waals surface area contributed by atoms with Crippen molar-refractivity contribution in [2.45, 2.75) is 44.4 Å².